The first kappa shape index (κ1) is 10.7. The van der Waals surface area contributed by atoms with Crippen molar-refractivity contribution in [1.82, 2.24) is 0 Å². The molecule has 1 aromatic carbocycles. The molecule has 0 bridgehead atoms. The second kappa shape index (κ2) is 4.80. The molecule has 1 unspecified atom stereocenters. The molecule has 1 aromatic rings. The molecule has 0 amide bonds. The molecular formula is C14H21N. The highest BCUT2D eigenvalue weighted by Crippen LogP contribution is 2.28. The Morgan fingerprint density at radius 2 is 1.93 bits per heavy atom. The lowest BCUT2D eigenvalue weighted by Gasteiger charge is -2.19. The number of benzene rings is 1. The summed E-state index contributed by atoms with van der Waals surface area (Å²) in [4.78, 5) is 0. The van der Waals surface area contributed by atoms with E-state index in [9.17, 15) is 0 Å². The predicted octanol–water partition coefficient (Wildman–Crippen LogP) is 3.06. The van der Waals surface area contributed by atoms with Gasteiger partial charge in [-0.2, -0.15) is 0 Å². The zero-order valence-electron chi connectivity index (χ0n) is 9.58. The third-order valence-corrected chi connectivity index (χ3v) is 3.72. The Balaban J connectivity index is 1.99. The first-order valence-electron chi connectivity index (χ1n) is 6.07. The van der Waals surface area contributed by atoms with Gasteiger partial charge in [0.15, 0.2) is 0 Å². The third-order valence-electron chi connectivity index (χ3n) is 3.72. The standard InChI is InChI=1S/C14H21N/c1-11-6-2-3-9-13(11)10-14(15)12-7-4-5-8-12/h2-3,6,9,12,14H,4-5,7-8,10,15H2,1H3. The molecule has 1 saturated carbocycles. The highest BCUT2D eigenvalue weighted by atomic mass is 14.7. The van der Waals surface area contributed by atoms with Crippen molar-refractivity contribution in [2.45, 2.75) is 45.1 Å². The van der Waals surface area contributed by atoms with Crippen LogP contribution in [0, 0.1) is 12.8 Å². The minimum atomic E-state index is 0.369. The van der Waals surface area contributed by atoms with Crippen molar-refractivity contribution in [3.63, 3.8) is 0 Å². The molecule has 1 fully saturated rings. The Morgan fingerprint density at radius 1 is 1.27 bits per heavy atom. The summed E-state index contributed by atoms with van der Waals surface area (Å²) in [7, 11) is 0. The van der Waals surface area contributed by atoms with E-state index in [2.05, 4.69) is 31.2 Å². The van der Waals surface area contributed by atoms with E-state index in [1.54, 1.807) is 0 Å². The monoisotopic (exact) mass is 203 g/mol. The van der Waals surface area contributed by atoms with Crippen LogP contribution < -0.4 is 5.73 Å². The molecule has 15 heavy (non-hydrogen) atoms. The molecule has 0 spiro atoms. The van der Waals surface area contributed by atoms with Crippen LogP contribution >= 0.6 is 0 Å². The van der Waals surface area contributed by atoms with Gasteiger partial charge in [-0.05, 0) is 43.2 Å². The SMILES string of the molecule is Cc1ccccc1CC(N)C1CCCC1. The normalized spacial score (nSPS) is 19.3. The van der Waals surface area contributed by atoms with Crippen LogP contribution in [0.3, 0.4) is 0 Å². The minimum absolute atomic E-state index is 0.369. The van der Waals surface area contributed by atoms with Gasteiger partial charge >= 0.3 is 0 Å². The molecule has 0 aliphatic heterocycles. The van der Waals surface area contributed by atoms with Crippen molar-refractivity contribution < 1.29 is 0 Å². The van der Waals surface area contributed by atoms with Crippen LogP contribution in [0.4, 0.5) is 0 Å². The summed E-state index contributed by atoms with van der Waals surface area (Å²) in [5.74, 6) is 0.768. The highest BCUT2D eigenvalue weighted by Gasteiger charge is 2.22. The van der Waals surface area contributed by atoms with Crippen molar-refractivity contribution in [2.24, 2.45) is 11.7 Å². The highest BCUT2D eigenvalue weighted by molar-refractivity contribution is 5.26. The average Bonchev–Trinajstić information content (AvgIpc) is 2.74. The first-order valence-corrected chi connectivity index (χ1v) is 6.07. The molecule has 2 N–H and O–H groups in total. The summed E-state index contributed by atoms with van der Waals surface area (Å²) in [6.07, 6.45) is 6.50. The van der Waals surface area contributed by atoms with E-state index in [4.69, 9.17) is 5.73 Å². The van der Waals surface area contributed by atoms with Crippen LogP contribution in [0.5, 0.6) is 0 Å². The topological polar surface area (TPSA) is 26.0 Å². The fourth-order valence-electron chi connectivity index (χ4n) is 2.65. The Hall–Kier alpha value is -0.820. The van der Waals surface area contributed by atoms with E-state index in [1.165, 1.54) is 36.8 Å². The van der Waals surface area contributed by atoms with Gasteiger partial charge in [0.2, 0.25) is 0 Å². The van der Waals surface area contributed by atoms with Gasteiger partial charge in [-0.3, -0.25) is 0 Å². The van der Waals surface area contributed by atoms with Crippen LogP contribution in [0.2, 0.25) is 0 Å². The first-order chi connectivity index (χ1) is 7.27. The minimum Gasteiger partial charge on any atom is -0.327 e. The zero-order chi connectivity index (χ0) is 10.7. The molecule has 1 nitrogen and oxygen atoms in total. The second-order valence-corrected chi connectivity index (χ2v) is 4.84. The summed E-state index contributed by atoms with van der Waals surface area (Å²) >= 11 is 0. The van der Waals surface area contributed by atoms with Crippen LogP contribution in [0.25, 0.3) is 0 Å². The van der Waals surface area contributed by atoms with Crippen LogP contribution in [-0.2, 0) is 6.42 Å². The maximum absolute atomic E-state index is 6.28. The van der Waals surface area contributed by atoms with Crippen molar-refractivity contribution in [3.05, 3.63) is 35.4 Å². The van der Waals surface area contributed by atoms with Crippen molar-refractivity contribution in [2.75, 3.05) is 0 Å². The number of hydrogen-bond acceptors (Lipinski definition) is 1. The molecule has 82 valence electrons. The van der Waals surface area contributed by atoms with Crippen LogP contribution in [0.1, 0.15) is 36.8 Å². The van der Waals surface area contributed by atoms with Crippen molar-refractivity contribution >= 4 is 0 Å². The molecular weight excluding hydrogens is 182 g/mol. The summed E-state index contributed by atoms with van der Waals surface area (Å²) in [5.41, 5.74) is 9.09. The van der Waals surface area contributed by atoms with E-state index >= 15 is 0 Å². The maximum atomic E-state index is 6.28. The molecule has 2 rings (SSSR count). The molecule has 1 atom stereocenters. The lowest BCUT2D eigenvalue weighted by molar-refractivity contribution is 0.429. The fraction of sp³-hybridized carbons (Fsp3) is 0.571. The van der Waals surface area contributed by atoms with Gasteiger partial charge in [-0.25, -0.2) is 0 Å². The maximum Gasteiger partial charge on any atom is 0.0108 e. The molecule has 0 aromatic heterocycles. The molecule has 1 aliphatic carbocycles. The van der Waals surface area contributed by atoms with E-state index in [0.717, 1.165) is 12.3 Å². The molecule has 0 saturated heterocycles. The largest absolute Gasteiger partial charge is 0.327 e. The molecule has 0 radical (unpaired) electrons. The third kappa shape index (κ3) is 2.60. The molecule has 0 heterocycles. The van der Waals surface area contributed by atoms with Gasteiger partial charge in [0.1, 0.15) is 0 Å². The quantitative estimate of drug-likeness (QED) is 0.802. The second-order valence-electron chi connectivity index (χ2n) is 4.84. The van der Waals surface area contributed by atoms with Gasteiger partial charge < -0.3 is 5.73 Å². The number of nitrogens with two attached hydrogens (primary N) is 1. The van der Waals surface area contributed by atoms with Crippen molar-refractivity contribution in [3.8, 4) is 0 Å². The van der Waals surface area contributed by atoms with E-state index in [1.807, 2.05) is 0 Å². The summed E-state index contributed by atoms with van der Waals surface area (Å²) < 4.78 is 0. The van der Waals surface area contributed by atoms with Gasteiger partial charge in [-0.1, -0.05) is 37.1 Å². The number of aryl methyl sites for hydroxylation is 1. The summed E-state index contributed by atoms with van der Waals surface area (Å²) in [5, 5.41) is 0. The lowest BCUT2D eigenvalue weighted by atomic mass is 9.91. The summed E-state index contributed by atoms with van der Waals surface area (Å²) in [6, 6.07) is 8.97. The van der Waals surface area contributed by atoms with E-state index < -0.39 is 0 Å². The number of hydrogen-bond donors (Lipinski definition) is 1. The molecule has 1 aliphatic rings. The van der Waals surface area contributed by atoms with Gasteiger partial charge in [0.25, 0.3) is 0 Å². The zero-order valence-corrected chi connectivity index (χ0v) is 9.58. The van der Waals surface area contributed by atoms with Crippen LogP contribution in [-0.4, -0.2) is 6.04 Å². The van der Waals surface area contributed by atoms with E-state index in [-0.39, 0.29) is 0 Å². The fourth-order valence-corrected chi connectivity index (χ4v) is 2.65. The van der Waals surface area contributed by atoms with E-state index in [0.29, 0.717) is 6.04 Å². The van der Waals surface area contributed by atoms with Crippen molar-refractivity contribution in [1.29, 1.82) is 0 Å². The van der Waals surface area contributed by atoms with Gasteiger partial charge in [0.05, 0.1) is 0 Å². The predicted molar refractivity (Wildman–Crippen MR) is 64.8 cm³/mol. The Kier molecular flexibility index (Phi) is 3.42. The smallest absolute Gasteiger partial charge is 0.0108 e. The van der Waals surface area contributed by atoms with Gasteiger partial charge in [0, 0.05) is 6.04 Å². The Labute approximate surface area is 92.7 Å². The van der Waals surface area contributed by atoms with Crippen LogP contribution in [0.15, 0.2) is 24.3 Å². The number of rotatable bonds is 3. The Bertz CT molecular complexity index is 313. The average molecular weight is 203 g/mol. The van der Waals surface area contributed by atoms with Gasteiger partial charge in [-0.15, -0.1) is 0 Å². The molecule has 1 heteroatoms. The Morgan fingerprint density at radius 3 is 2.60 bits per heavy atom. The lowest BCUT2D eigenvalue weighted by Crippen LogP contribution is -2.30. The summed E-state index contributed by atoms with van der Waals surface area (Å²) in [6.45, 7) is 2.18.